The summed E-state index contributed by atoms with van der Waals surface area (Å²) in [5.41, 5.74) is 4.87. The van der Waals surface area contributed by atoms with E-state index >= 15 is 0 Å². The molecule has 0 amide bonds. The number of nitrogens with zero attached hydrogens (tertiary/aromatic N) is 4. The molecule has 0 unspecified atom stereocenters. The lowest BCUT2D eigenvalue weighted by Gasteiger charge is -2.06. The van der Waals surface area contributed by atoms with Gasteiger partial charge >= 0.3 is 0 Å². The second kappa shape index (κ2) is 6.92. The van der Waals surface area contributed by atoms with E-state index in [4.69, 9.17) is 4.98 Å². The van der Waals surface area contributed by atoms with Crippen molar-refractivity contribution in [2.75, 3.05) is 0 Å². The summed E-state index contributed by atoms with van der Waals surface area (Å²) in [5, 5.41) is 8.92. The maximum absolute atomic E-state index is 4.78. The van der Waals surface area contributed by atoms with Crippen molar-refractivity contribution in [3.05, 3.63) is 84.6 Å². The third kappa shape index (κ3) is 3.14. The maximum Gasteiger partial charge on any atom is 0.187 e. The number of pyridine rings is 1. The lowest BCUT2D eigenvalue weighted by atomic mass is 10.0. The van der Waals surface area contributed by atoms with Gasteiger partial charge in [-0.05, 0) is 35.7 Å². The van der Waals surface area contributed by atoms with Crippen LogP contribution >= 0.6 is 0 Å². The van der Waals surface area contributed by atoms with Crippen molar-refractivity contribution in [2.24, 2.45) is 10.2 Å². The number of aromatic nitrogens is 2. The molecule has 0 radical (unpaired) electrons. The molecule has 0 aliphatic carbocycles. The Bertz CT molecular complexity index is 1040. The Kier molecular flexibility index (Phi) is 4.32. The van der Waals surface area contributed by atoms with E-state index in [1.807, 2.05) is 59.1 Å². The van der Waals surface area contributed by atoms with E-state index in [1.54, 1.807) is 0 Å². The Labute approximate surface area is 152 Å². The van der Waals surface area contributed by atoms with Gasteiger partial charge in [0, 0.05) is 11.8 Å². The fraction of sp³-hybridized carbons (Fsp3) is 0.136. The summed E-state index contributed by atoms with van der Waals surface area (Å²) in [6.45, 7) is 4.39. The van der Waals surface area contributed by atoms with Crippen molar-refractivity contribution >= 4 is 17.2 Å². The zero-order chi connectivity index (χ0) is 17.9. The zero-order valence-electron chi connectivity index (χ0n) is 14.9. The topological polar surface area (TPSA) is 42.0 Å². The van der Waals surface area contributed by atoms with Crippen LogP contribution in [0.2, 0.25) is 0 Å². The molecule has 0 aliphatic rings. The second-order valence-electron chi connectivity index (χ2n) is 6.53. The van der Waals surface area contributed by atoms with E-state index in [2.05, 4.69) is 48.3 Å². The fourth-order valence-electron chi connectivity index (χ4n) is 2.90. The van der Waals surface area contributed by atoms with Gasteiger partial charge in [-0.15, -0.1) is 10.2 Å². The van der Waals surface area contributed by atoms with Crippen molar-refractivity contribution in [3.8, 4) is 11.3 Å². The smallest absolute Gasteiger partial charge is 0.187 e. The summed E-state index contributed by atoms with van der Waals surface area (Å²) >= 11 is 0. The van der Waals surface area contributed by atoms with Gasteiger partial charge in [-0.3, -0.25) is 4.40 Å². The number of benzene rings is 2. The summed E-state index contributed by atoms with van der Waals surface area (Å²) in [7, 11) is 0. The van der Waals surface area contributed by atoms with Crippen LogP contribution in [0, 0.1) is 0 Å². The molecule has 0 N–H and O–H groups in total. The van der Waals surface area contributed by atoms with Crippen molar-refractivity contribution in [1.29, 1.82) is 0 Å². The molecule has 0 spiro atoms. The highest BCUT2D eigenvalue weighted by Crippen LogP contribution is 2.32. The van der Waals surface area contributed by atoms with Crippen molar-refractivity contribution in [1.82, 2.24) is 9.38 Å². The summed E-state index contributed by atoms with van der Waals surface area (Å²) in [5.74, 6) is 1.24. The van der Waals surface area contributed by atoms with Gasteiger partial charge in [0.05, 0.1) is 5.69 Å². The normalized spacial score (nSPS) is 11.7. The SMILES string of the molecule is CC(C)c1ccc(-c2nc3ccccn3c2N=Nc2ccccc2)cc1. The predicted molar refractivity (Wildman–Crippen MR) is 105 cm³/mol. The van der Waals surface area contributed by atoms with Crippen molar-refractivity contribution < 1.29 is 0 Å². The molecule has 4 heteroatoms. The maximum atomic E-state index is 4.78. The molecule has 128 valence electrons. The number of hydrogen-bond acceptors (Lipinski definition) is 3. The van der Waals surface area contributed by atoms with Crippen LogP contribution in [0.3, 0.4) is 0 Å². The Hall–Kier alpha value is -3.27. The monoisotopic (exact) mass is 340 g/mol. The van der Waals surface area contributed by atoms with Gasteiger partial charge in [0.1, 0.15) is 11.3 Å². The molecule has 0 saturated carbocycles. The first-order chi connectivity index (χ1) is 12.7. The van der Waals surface area contributed by atoms with E-state index in [1.165, 1.54) is 5.56 Å². The first-order valence-electron chi connectivity index (χ1n) is 8.76. The van der Waals surface area contributed by atoms with E-state index in [9.17, 15) is 0 Å². The van der Waals surface area contributed by atoms with Gasteiger partial charge in [0.2, 0.25) is 0 Å². The lowest BCUT2D eigenvalue weighted by molar-refractivity contribution is 0.867. The molecule has 4 aromatic rings. The van der Waals surface area contributed by atoms with Crippen LogP contribution in [0.4, 0.5) is 11.5 Å². The highest BCUT2D eigenvalue weighted by atomic mass is 15.2. The third-order valence-electron chi connectivity index (χ3n) is 4.37. The summed E-state index contributed by atoms with van der Waals surface area (Å²) in [6, 6.07) is 24.2. The van der Waals surface area contributed by atoms with E-state index in [0.29, 0.717) is 5.92 Å². The van der Waals surface area contributed by atoms with E-state index in [0.717, 1.165) is 28.4 Å². The Balaban J connectivity index is 1.82. The van der Waals surface area contributed by atoms with Crippen molar-refractivity contribution in [2.45, 2.75) is 19.8 Å². The van der Waals surface area contributed by atoms with E-state index < -0.39 is 0 Å². The van der Waals surface area contributed by atoms with E-state index in [-0.39, 0.29) is 0 Å². The van der Waals surface area contributed by atoms with Gasteiger partial charge in [0.25, 0.3) is 0 Å². The number of rotatable bonds is 4. The van der Waals surface area contributed by atoms with Crippen LogP contribution in [-0.4, -0.2) is 9.38 Å². The molecule has 4 nitrogen and oxygen atoms in total. The van der Waals surface area contributed by atoms with Crippen LogP contribution in [0.15, 0.2) is 89.2 Å². The van der Waals surface area contributed by atoms with Crippen molar-refractivity contribution in [3.63, 3.8) is 0 Å². The average molecular weight is 340 g/mol. The molecule has 0 atom stereocenters. The molecule has 0 saturated heterocycles. The molecule has 0 bridgehead atoms. The van der Waals surface area contributed by atoms with Gasteiger partial charge in [-0.25, -0.2) is 4.98 Å². The summed E-state index contributed by atoms with van der Waals surface area (Å²) < 4.78 is 1.97. The Morgan fingerprint density at radius 2 is 1.54 bits per heavy atom. The highest BCUT2D eigenvalue weighted by molar-refractivity contribution is 5.74. The predicted octanol–water partition coefficient (Wildman–Crippen LogP) is 6.54. The van der Waals surface area contributed by atoms with Crippen LogP contribution in [-0.2, 0) is 0 Å². The number of azo groups is 1. The molecule has 4 rings (SSSR count). The zero-order valence-corrected chi connectivity index (χ0v) is 14.9. The second-order valence-corrected chi connectivity index (χ2v) is 6.53. The minimum Gasteiger partial charge on any atom is -0.283 e. The molecule has 2 aromatic carbocycles. The number of imidazole rings is 1. The minimum absolute atomic E-state index is 0.502. The summed E-state index contributed by atoms with van der Waals surface area (Å²) in [6.07, 6.45) is 1.97. The van der Waals surface area contributed by atoms with Gasteiger partial charge in [0.15, 0.2) is 5.82 Å². The number of fused-ring (bicyclic) bond motifs is 1. The van der Waals surface area contributed by atoms with Crippen LogP contribution in [0.5, 0.6) is 0 Å². The first kappa shape index (κ1) is 16.2. The fourth-order valence-corrected chi connectivity index (χ4v) is 2.90. The molecule has 0 fully saturated rings. The summed E-state index contributed by atoms with van der Waals surface area (Å²) in [4.78, 5) is 4.78. The quantitative estimate of drug-likeness (QED) is 0.389. The largest absolute Gasteiger partial charge is 0.283 e. The molecule has 0 aliphatic heterocycles. The van der Waals surface area contributed by atoms with Crippen LogP contribution in [0.25, 0.3) is 16.9 Å². The first-order valence-corrected chi connectivity index (χ1v) is 8.76. The lowest BCUT2D eigenvalue weighted by Crippen LogP contribution is -1.87. The third-order valence-corrected chi connectivity index (χ3v) is 4.37. The van der Waals surface area contributed by atoms with Crippen LogP contribution < -0.4 is 0 Å². The average Bonchev–Trinajstić information content (AvgIpc) is 3.06. The minimum atomic E-state index is 0.502. The Morgan fingerprint density at radius 1 is 0.808 bits per heavy atom. The molecule has 2 aromatic heterocycles. The molecule has 2 heterocycles. The number of hydrogen-bond donors (Lipinski definition) is 0. The van der Waals surface area contributed by atoms with Crippen LogP contribution in [0.1, 0.15) is 25.3 Å². The molecular formula is C22H20N4. The highest BCUT2D eigenvalue weighted by Gasteiger charge is 2.14. The molecule has 26 heavy (non-hydrogen) atoms. The van der Waals surface area contributed by atoms with Gasteiger partial charge < -0.3 is 0 Å². The van der Waals surface area contributed by atoms with Gasteiger partial charge in [-0.1, -0.05) is 62.4 Å². The Morgan fingerprint density at radius 3 is 2.27 bits per heavy atom. The molecular weight excluding hydrogens is 320 g/mol. The standard InChI is InChI=1S/C22H20N4/c1-16(2)17-11-13-18(14-12-17)21-22(25-24-19-8-4-3-5-9-19)26-15-7-6-10-20(26)23-21/h3-16H,1-2H3. The van der Waals surface area contributed by atoms with Gasteiger partial charge in [-0.2, -0.15) is 0 Å².